The molecule has 0 aliphatic carbocycles. The first-order valence-electron chi connectivity index (χ1n) is 7.80. The van der Waals surface area contributed by atoms with Crippen LogP contribution in [0.2, 0.25) is 0 Å². The lowest BCUT2D eigenvalue weighted by Crippen LogP contribution is -2.10. The highest BCUT2D eigenvalue weighted by Crippen LogP contribution is 2.22. The van der Waals surface area contributed by atoms with Gasteiger partial charge in [-0.1, -0.05) is 35.9 Å². The highest BCUT2D eigenvalue weighted by atomic mass is 16.5. The van der Waals surface area contributed by atoms with Crippen molar-refractivity contribution in [2.75, 3.05) is 11.9 Å². The lowest BCUT2D eigenvalue weighted by molar-refractivity contribution is -0.111. The van der Waals surface area contributed by atoms with E-state index in [0.29, 0.717) is 6.61 Å². The first kappa shape index (κ1) is 16.8. The molecule has 0 aromatic heterocycles. The van der Waals surface area contributed by atoms with Crippen LogP contribution in [0, 0.1) is 20.8 Å². The maximum Gasteiger partial charge on any atom is 0.248 e. The molecule has 1 amide bonds. The summed E-state index contributed by atoms with van der Waals surface area (Å²) in [6.07, 6.45) is 3.32. The summed E-state index contributed by atoms with van der Waals surface area (Å²) in [5.41, 5.74) is 5.10. The molecule has 0 bridgehead atoms. The van der Waals surface area contributed by atoms with E-state index in [0.717, 1.165) is 28.1 Å². The minimum Gasteiger partial charge on any atom is -0.493 e. The van der Waals surface area contributed by atoms with Gasteiger partial charge in [-0.3, -0.25) is 4.79 Å². The molecule has 0 fully saturated rings. The Morgan fingerprint density at radius 2 is 1.78 bits per heavy atom. The minimum atomic E-state index is -0.147. The van der Waals surface area contributed by atoms with Crippen molar-refractivity contribution in [1.29, 1.82) is 0 Å². The van der Waals surface area contributed by atoms with E-state index >= 15 is 0 Å². The Morgan fingerprint density at radius 3 is 2.43 bits per heavy atom. The van der Waals surface area contributed by atoms with Gasteiger partial charge in [-0.25, -0.2) is 0 Å². The van der Waals surface area contributed by atoms with Crippen LogP contribution in [0.25, 0.3) is 6.08 Å². The number of ether oxygens (including phenoxy) is 1. The van der Waals surface area contributed by atoms with E-state index < -0.39 is 0 Å². The zero-order valence-corrected chi connectivity index (χ0v) is 14.1. The molecule has 120 valence electrons. The van der Waals surface area contributed by atoms with Crippen LogP contribution in [0.4, 0.5) is 5.69 Å². The van der Waals surface area contributed by atoms with Crippen molar-refractivity contribution < 1.29 is 9.53 Å². The highest BCUT2D eigenvalue weighted by molar-refractivity contribution is 6.03. The summed E-state index contributed by atoms with van der Waals surface area (Å²) in [7, 11) is 0. The van der Waals surface area contributed by atoms with Crippen LogP contribution in [0.5, 0.6) is 5.75 Å². The third kappa shape index (κ3) is 4.46. The molecule has 0 aliphatic rings. The number of benzene rings is 2. The van der Waals surface area contributed by atoms with Crippen molar-refractivity contribution in [2.24, 2.45) is 0 Å². The lowest BCUT2D eigenvalue weighted by atomic mass is 10.1. The number of hydrogen-bond acceptors (Lipinski definition) is 2. The molecule has 23 heavy (non-hydrogen) atoms. The number of nitrogens with one attached hydrogen (secondary N) is 1. The number of amides is 1. The molecule has 0 saturated heterocycles. The number of aryl methyl sites for hydroxylation is 3. The van der Waals surface area contributed by atoms with Gasteiger partial charge in [-0.2, -0.15) is 0 Å². The molecule has 0 spiro atoms. The standard InChI is InChI=1S/C20H23NO2/c1-5-23-18-9-7-6-8-17(18)10-11-19(22)21-20-15(3)12-14(2)13-16(20)4/h6-13H,5H2,1-4H3,(H,21,22)/b11-10+. The summed E-state index contributed by atoms with van der Waals surface area (Å²) in [4.78, 5) is 12.2. The van der Waals surface area contributed by atoms with Crippen LogP contribution >= 0.6 is 0 Å². The minimum absolute atomic E-state index is 0.147. The van der Waals surface area contributed by atoms with Gasteiger partial charge in [0.05, 0.1) is 6.61 Å². The van der Waals surface area contributed by atoms with E-state index in [4.69, 9.17) is 4.74 Å². The molecule has 2 aromatic rings. The van der Waals surface area contributed by atoms with Gasteiger partial charge >= 0.3 is 0 Å². The van der Waals surface area contributed by atoms with Gasteiger partial charge < -0.3 is 10.1 Å². The molecule has 3 heteroatoms. The molecule has 1 N–H and O–H groups in total. The molecule has 0 saturated carbocycles. The lowest BCUT2D eigenvalue weighted by Gasteiger charge is -2.11. The predicted molar refractivity (Wildman–Crippen MR) is 95.9 cm³/mol. The number of para-hydroxylation sites is 1. The molecule has 2 rings (SSSR count). The van der Waals surface area contributed by atoms with E-state index in [9.17, 15) is 4.79 Å². The van der Waals surface area contributed by atoms with Gasteiger partial charge in [0.15, 0.2) is 0 Å². The van der Waals surface area contributed by atoms with Gasteiger partial charge in [0.1, 0.15) is 5.75 Å². The second-order valence-electron chi connectivity index (χ2n) is 5.57. The van der Waals surface area contributed by atoms with Crippen molar-refractivity contribution in [3.63, 3.8) is 0 Å². The summed E-state index contributed by atoms with van der Waals surface area (Å²) in [5.74, 6) is 0.633. The van der Waals surface area contributed by atoms with Gasteiger partial charge in [0, 0.05) is 17.3 Å². The molecule has 2 aromatic carbocycles. The van der Waals surface area contributed by atoms with Crippen LogP contribution < -0.4 is 10.1 Å². The molecule has 0 radical (unpaired) electrons. The van der Waals surface area contributed by atoms with Crippen molar-refractivity contribution in [2.45, 2.75) is 27.7 Å². The fraction of sp³-hybridized carbons (Fsp3) is 0.250. The molecular weight excluding hydrogens is 286 g/mol. The molecule has 0 heterocycles. The van der Waals surface area contributed by atoms with E-state index in [1.54, 1.807) is 6.08 Å². The van der Waals surface area contributed by atoms with Crippen LogP contribution in [-0.2, 0) is 4.79 Å². The van der Waals surface area contributed by atoms with Crippen molar-refractivity contribution in [3.8, 4) is 5.75 Å². The maximum absolute atomic E-state index is 12.2. The predicted octanol–water partition coefficient (Wildman–Crippen LogP) is 4.66. The van der Waals surface area contributed by atoms with Gasteiger partial charge in [-0.05, 0) is 51.0 Å². The molecule has 3 nitrogen and oxygen atoms in total. The topological polar surface area (TPSA) is 38.3 Å². The fourth-order valence-electron chi connectivity index (χ4n) is 2.61. The number of hydrogen-bond donors (Lipinski definition) is 1. The largest absolute Gasteiger partial charge is 0.493 e. The Hall–Kier alpha value is -2.55. The Balaban J connectivity index is 2.14. The van der Waals surface area contributed by atoms with Crippen LogP contribution in [-0.4, -0.2) is 12.5 Å². The molecule has 0 atom stereocenters. The Bertz CT molecular complexity index is 709. The monoisotopic (exact) mass is 309 g/mol. The van der Waals surface area contributed by atoms with Gasteiger partial charge in [-0.15, -0.1) is 0 Å². The maximum atomic E-state index is 12.2. The number of rotatable bonds is 5. The Morgan fingerprint density at radius 1 is 1.13 bits per heavy atom. The third-order valence-corrected chi connectivity index (χ3v) is 3.56. The van der Waals surface area contributed by atoms with Crippen LogP contribution in [0.15, 0.2) is 42.5 Å². The van der Waals surface area contributed by atoms with E-state index in [1.807, 2.05) is 45.0 Å². The molecule has 0 aliphatic heterocycles. The fourth-order valence-corrected chi connectivity index (χ4v) is 2.61. The normalized spacial score (nSPS) is 10.8. The first-order chi connectivity index (χ1) is 11.0. The smallest absolute Gasteiger partial charge is 0.248 e. The number of carbonyl (C=O) groups is 1. The SMILES string of the molecule is CCOc1ccccc1/C=C/C(=O)Nc1c(C)cc(C)cc1C. The third-order valence-electron chi connectivity index (χ3n) is 3.56. The summed E-state index contributed by atoms with van der Waals surface area (Å²) in [5, 5.41) is 2.96. The van der Waals surface area contributed by atoms with E-state index in [2.05, 4.69) is 24.4 Å². The first-order valence-corrected chi connectivity index (χ1v) is 7.80. The zero-order valence-electron chi connectivity index (χ0n) is 14.1. The quantitative estimate of drug-likeness (QED) is 0.816. The average molecular weight is 309 g/mol. The number of carbonyl (C=O) groups excluding carboxylic acids is 1. The van der Waals surface area contributed by atoms with Crippen molar-refractivity contribution in [1.82, 2.24) is 0 Å². The summed E-state index contributed by atoms with van der Waals surface area (Å²) >= 11 is 0. The highest BCUT2D eigenvalue weighted by Gasteiger charge is 2.06. The summed E-state index contributed by atoms with van der Waals surface area (Å²) in [6, 6.07) is 11.8. The second kappa shape index (κ2) is 7.63. The van der Waals surface area contributed by atoms with Crippen molar-refractivity contribution in [3.05, 3.63) is 64.7 Å². The van der Waals surface area contributed by atoms with E-state index in [1.165, 1.54) is 11.6 Å². The summed E-state index contributed by atoms with van der Waals surface area (Å²) in [6.45, 7) is 8.60. The zero-order chi connectivity index (χ0) is 16.8. The van der Waals surface area contributed by atoms with Crippen molar-refractivity contribution >= 4 is 17.7 Å². The van der Waals surface area contributed by atoms with Crippen LogP contribution in [0.1, 0.15) is 29.2 Å². The van der Waals surface area contributed by atoms with Gasteiger partial charge in [0.2, 0.25) is 5.91 Å². The molecular formula is C20H23NO2. The summed E-state index contributed by atoms with van der Waals surface area (Å²) < 4.78 is 5.56. The Labute approximate surface area is 138 Å². The average Bonchev–Trinajstić information content (AvgIpc) is 2.50. The van der Waals surface area contributed by atoms with Gasteiger partial charge in [0.25, 0.3) is 0 Å². The number of anilines is 1. The Kier molecular flexibility index (Phi) is 5.58. The van der Waals surface area contributed by atoms with Crippen LogP contribution in [0.3, 0.4) is 0 Å². The molecule has 0 unspecified atom stereocenters. The van der Waals surface area contributed by atoms with E-state index in [-0.39, 0.29) is 5.91 Å². The second-order valence-corrected chi connectivity index (χ2v) is 5.57.